The summed E-state index contributed by atoms with van der Waals surface area (Å²) in [4.78, 5) is 11.1. The Morgan fingerprint density at radius 1 is 1.41 bits per heavy atom. The normalized spacial score (nSPS) is 13.5. The van der Waals surface area contributed by atoms with E-state index >= 15 is 0 Å². The van der Waals surface area contributed by atoms with Gasteiger partial charge in [0, 0.05) is 11.6 Å². The minimum atomic E-state index is -1.20. The van der Waals surface area contributed by atoms with E-state index in [-0.39, 0.29) is 5.56 Å². The van der Waals surface area contributed by atoms with Gasteiger partial charge in [-0.15, -0.1) is 0 Å². The molecule has 0 amide bonds. The number of carbonyl (C=O) groups is 1. The highest BCUT2D eigenvalue weighted by Crippen LogP contribution is 2.34. The van der Waals surface area contributed by atoms with Crippen molar-refractivity contribution in [3.63, 3.8) is 0 Å². The number of aliphatic carboxylic acids is 1. The topological polar surface area (TPSA) is 49.3 Å². The first-order valence-corrected chi connectivity index (χ1v) is 5.16. The van der Waals surface area contributed by atoms with Crippen LogP contribution < -0.4 is 5.32 Å². The summed E-state index contributed by atoms with van der Waals surface area (Å²) in [6, 6.07) is 2.38. The van der Waals surface area contributed by atoms with Crippen molar-refractivity contribution in [3.8, 4) is 0 Å². The van der Waals surface area contributed by atoms with Crippen LogP contribution in [0.4, 0.5) is 8.78 Å². The number of carboxylic acid groups (broad SMARTS) is 1. The van der Waals surface area contributed by atoms with Crippen LogP contribution in [0.25, 0.3) is 0 Å². The number of benzene rings is 1. The molecule has 0 radical (unpaired) electrons. The van der Waals surface area contributed by atoms with E-state index in [0.29, 0.717) is 0 Å². The van der Waals surface area contributed by atoms with Gasteiger partial charge >= 0.3 is 5.97 Å². The molecular formula is C12H15F2NO2. The van der Waals surface area contributed by atoms with Crippen molar-refractivity contribution in [2.24, 2.45) is 5.41 Å². The SMILES string of the molecule is CNC(c1ccc(F)cc1F)C(C)(C)C(=O)O. The third-order valence-corrected chi connectivity index (χ3v) is 2.84. The summed E-state index contributed by atoms with van der Waals surface area (Å²) in [6.45, 7) is 2.97. The first-order chi connectivity index (χ1) is 7.80. The zero-order valence-electron chi connectivity index (χ0n) is 9.92. The molecule has 0 saturated carbocycles. The van der Waals surface area contributed by atoms with E-state index in [1.165, 1.54) is 27.0 Å². The Kier molecular flexibility index (Phi) is 3.83. The van der Waals surface area contributed by atoms with E-state index in [2.05, 4.69) is 5.32 Å². The third kappa shape index (κ3) is 2.61. The van der Waals surface area contributed by atoms with E-state index in [9.17, 15) is 13.6 Å². The average molecular weight is 243 g/mol. The van der Waals surface area contributed by atoms with Crippen molar-refractivity contribution in [2.45, 2.75) is 19.9 Å². The van der Waals surface area contributed by atoms with Crippen LogP contribution in [0.3, 0.4) is 0 Å². The molecule has 0 saturated heterocycles. The predicted molar refractivity (Wildman–Crippen MR) is 59.6 cm³/mol. The molecule has 1 aromatic carbocycles. The third-order valence-electron chi connectivity index (χ3n) is 2.84. The molecule has 0 fully saturated rings. The first kappa shape index (κ1) is 13.6. The van der Waals surface area contributed by atoms with Crippen LogP contribution in [0.15, 0.2) is 18.2 Å². The quantitative estimate of drug-likeness (QED) is 0.853. The Morgan fingerprint density at radius 2 is 2.00 bits per heavy atom. The summed E-state index contributed by atoms with van der Waals surface area (Å²) in [5.41, 5.74) is -1.06. The van der Waals surface area contributed by atoms with E-state index < -0.39 is 29.1 Å². The van der Waals surface area contributed by atoms with Crippen molar-refractivity contribution >= 4 is 5.97 Å². The van der Waals surface area contributed by atoms with Gasteiger partial charge < -0.3 is 10.4 Å². The molecule has 0 aliphatic rings. The van der Waals surface area contributed by atoms with Gasteiger partial charge in [0.15, 0.2) is 0 Å². The van der Waals surface area contributed by atoms with E-state index in [1.807, 2.05) is 0 Å². The van der Waals surface area contributed by atoms with Crippen LogP contribution in [0.5, 0.6) is 0 Å². The maximum atomic E-state index is 13.6. The zero-order valence-corrected chi connectivity index (χ0v) is 9.92. The average Bonchev–Trinajstić information content (AvgIpc) is 2.21. The monoisotopic (exact) mass is 243 g/mol. The van der Waals surface area contributed by atoms with Crippen LogP contribution in [0.1, 0.15) is 25.5 Å². The molecule has 5 heteroatoms. The molecule has 0 bridgehead atoms. The lowest BCUT2D eigenvalue weighted by Crippen LogP contribution is -2.38. The van der Waals surface area contributed by atoms with Crippen LogP contribution in [0.2, 0.25) is 0 Å². The zero-order chi connectivity index (χ0) is 13.2. The van der Waals surface area contributed by atoms with Crippen LogP contribution in [0, 0.1) is 17.0 Å². The van der Waals surface area contributed by atoms with Gasteiger partial charge in [-0.3, -0.25) is 4.79 Å². The van der Waals surface area contributed by atoms with Crippen molar-refractivity contribution in [3.05, 3.63) is 35.4 Å². The Bertz CT molecular complexity index is 433. The summed E-state index contributed by atoms with van der Waals surface area (Å²) in [5, 5.41) is 11.9. The number of rotatable bonds is 4. The second kappa shape index (κ2) is 4.79. The van der Waals surface area contributed by atoms with Gasteiger partial charge in [-0.2, -0.15) is 0 Å². The highest BCUT2D eigenvalue weighted by molar-refractivity contribution is 5.75. The fourth-order valence-corrected chi connectivity index (χ4v) is 1.76. The smallest absolute Gasteiger partial charge is 0.311 e. The van der Waals surface area contributed by atoms with Gasteiger partial charge in [-0.05, 0) is 27.0 Å². The molecular weight excluding hydrogens is 228 g/mol. The van der Waals surface area contributed by atoms with Crippen molar-refractivity contribution in [1.29, 1.82) is 0 Å². The van der Waals surface area contributed by atoms with Crippen LogP contribution in [-0.4, -0.2) is 18.1 Å². The van der Waals surface area contributed by atoms with Gasteiger partial charge in [0.25, 0.3) is 0 Å². The number of hydrogen-bond acceptors (Lipinski definition) is 2. The van der Waals surface area contributed by atoms with Gasteiger partial charge in [0.05, 0.1) is 11.5 Å². The fourth-order valence-electron chi connectivity index (χ4n) is 1.76. The first-order valence-electron chi connectivity index (χ1n) is 5.16. The van der Waals surface area contributed by atoms with Crippen molar-refractivity contribution in [1.82, 2.24) is 5.32 Å². The largest absolute Gasteiger partial charge is 0.481 e. The van der Waals surface area contributed by atoms with E-state index in [0.717, 1.165) is 12.1 Å². The molecule has 1 atom stereocenters. The lowest BCUT2D eigenvalue weighted by atomic mass is 9.80. The molecule has 0 aliphatic carbocycles. The molecule has 0 aliphatic heterocycles. The molecule has 0 aromatic heterocycles. The maximum absolute atomic E-state index is 13.6. The summed E-state index contributed by atoms with van der Waals surface area (Å²) < 4.78 is 26.4. The van der Waals surface area contributed by atoms with Crippen molar-refractivity contribution in [2.75, 3.05) is 7.05 Å². The second-order valence-electron chi connectivity index (χ2n) is 4.41. The van der Waals surface area contributed by atoms with E-state index in [1.54, 1.807) is 0 Å². The molecule has 1 rings (SSSR count). The van der Waals surface area contributed by atoms with E-state index in [4.69, 9.17) is 5.11 Å². The molecule has 0 heterocycles. The number of hydrogen-bond donors (Lipinski definition) is 2. The fraction of sp³-hybridized carbons (Fsp3) is 0.417. The highest BCUT2D eigenvalue weighted by Gasteiger charge is 2.38. The summed E-state index contributed by atoms with van der Waals surface area (Å²) >= 11 is 0. The Morgan fingerprint density at radius 3 is 2.41 bits per heavy atom. The lowest BCUT2D eigenvalue weighted by Gasteiger charge is -2.30. The second-order valence-corrected chi connectivity index (χ2v) is 4.41. The standard InChI is InChI=1S/C12H15F2NO2/c1-12(2,11(16)17)10(15-3)8-5-4-7(13)6-9(8)14/h4-6,10,15H,1-3H3,(H,16,17). The van der Waals surface area contributed by atoms with Crippen LogP contribution in [-0.2, 0) is 4.79 Å². The Balaban J connectivity index is 3.23. The van der Waals surface area contributed by atoms with Crippen LogP contribution >= 0.6 is 0 Å². The van der Waals surface area contributed by atoms with Gasteiger partial charge in [-0.25, -0.2) is 8.78 Å². The summed E-state index contributed by atoms with van der Waals surface area (Å²) in [6.07, 6.45) is 0. The molecule has 1 unspecified atom stereocenters. The molecule has 17 heavy (non-hydrogen) atoms. The molecule has 1 aromatic rings. The molecule has 0 spiro atoms. The number of carboxylic acids is 1. The Labute approximate surface area is 98.5 Å². The van der Waals surface area contributed by atoms with Gasteiger partial charge in [-0.1, -0.05) is 6.07 Å². The molecule has 2 N–H and O–H groups in total. The van der Waals surface area contributed by atoms with Crippen molar-refractivity contribution < 1.29 is 18.7 Å². The molecule has 94 valence electrons. The number of halogens is 2. The lowest BCUT2D eigenvalue weighted by molar-refractivity contribution is -0.148. The van der Waals surface area contributed by atoms with Gasteiger partial charge in [0.1, 0.15) is 11.6 Å². The minimum Gasteiger partial charge on any atom is -0.481 e. The maximum Gasteiger partial charge on any atom is 0.311 e. The number of nitrogens with one attached hydrogen (secondary N) is 1. The predicted octanol–water partition coefficient (Wildman–Crippen LogP) is 2.34. The summed E-state index contributed by atoms with van der Waals surface area (Å²) in [7, 11) is 1.54. The highest BCUT2D eigenvalue weighted by atomic mass is 19.1. The minimum absolute atomic E-state index is 0.140. The molecule has 3 nitrogen and oxygen atoms in total. The summed E-state index contributed by atoms with van der Waals surface area (Å²) in [5.74, 6) is -2.49. The van der Waals surface area contributed by atoms with Gasteiger partial charge in [0.2, 0.25) is 0 Å². The Hall–Kier alpha value is -1.49.